The zero-order valence-electron chi connectivity index (χ0n) is 11.0. The molecule has 0 radical (unpaired) electrons. The minimum atomic E-state index is -0.165. The van der Waals surface area contributed by atoms with Crippen molar-refractivity contribution < 1.29 is 9.21 Å². The molecular weight excluding hydrogens is 230 g/mol. The highest BCUT2D eigenvalue weighted by Crippen LogP contribution is 2.21. The van der Waals surface area contributed by atoms with Gasteiger partial charge in [0.05, 0.1) is 11.6 Å². The van der Waals surface area contributed by atoms with Crippen LogP contribution >= 0.6 is 0 Å². The van der Waals surface area contributed by atoms with Crippen LogP contribution in [0, 0.1) is 20.8 Å². The first kappa shape index (κ1) is 12.4. The molecule has 2 aromatic heterocycles. The molecule has 5 heteroatoms. The minimum Gasteiger partial charge on any atom is -0.466 e. The summed E-state index contributed by atoms with van der Waals surface area (Å²) < 4.78 is 5.45. The molecular formula is C13H17N3O2. The summed E-state index contributed by atoms with van der Waals surface area (Å²) in [5.74, 6) is 2.03. The topological polar surface area (TPSA) is 70.9 Å². The van der Waals surface area contributed by atoms with Crippen LogP contribution < -0.4 is 5.32 Å². The van der Waals surface area contributed by atoms with E-state index in [4.69, 9.17) is 4.42 Å². The fraction of sp³-hybridized carbons (Fsp3) is 0.385. The number of hydrogen-bond acceptors (Lipinski definition) is 3. The largest absolute Gasteiger partial charge is 0.466 e. The lowest BCUT2D eigenvalue weighted by Crippen LogP contribution is -2.28. The van der Waals surface area contributed by atoms with E-state index in [1.807, 2.05) is 20.8 Å². The summed E-state index contributed by atoms with van der Waals surface area (Å²) in [6.07, 6.45) is 3.40. The molecule has 2 rings (SSSR count). The lowest BCUT2D eigenvalue weighted by molar-refractivity contribution is 0.0936. The third-order valence-electron chi connectivity index (χ3n) is 3.07. The summed E-state index contributed by atoms with van der Waals surface area (Å²) in [5, 5.41) is 2.90. The van der Waals surface area contributed by atoms with Crippen LogP contribution in [0.4, 0.5) is 0 Å². The normalized spacial score (nSPS) is 12.4. The summed E-state index contributed by atoms with van der Waals surface area (Å²) in [5.41, 5.74) is 1.50. The van der Waals surface area contributed by atoms with E-state index in [1.165, 1.54) is 0 Å². The number of aryl methyl sites for hydroxylation is 2. The van der Waals surface area contributed by atoms with Crippen molar-refractivity contribution in [2.45, 2.75) is 33.7 Å². The molecule has 0 bridgehead atoms. The third kappa shape index (κ3) is 2.16. The maximum absolute atomic E-state index is 12.2. The summed E-state index contributed by atoms with van der Waals surface area (Å²) in [6.45, 7) is 7.42. The zero-order valence-corrected chi connectivity index (χ0v) is 11.0. The molecule has 0 aliphatic carbocycles. The number of nitrogens with one attached hydrogen (secondary N) is 2. The molecule has 0 spiro atoms. The number of hydrogen-bond donors (Lipinski definition) is 2. The highest BCUT2D eigenvalue weighted by atomic mass is 16.3. The van der Waals surface area contributed by atoms with Gasteiger partial charge in [-0.05, 0) is 27.7 Å². The van der Waals surface area contributed by atoms with Crippen LogP contribution in [0.25, 0.3) is 0 Å². The molecule has 0 aliphatic rings. The van der Waals surface area contributed by atoms with E-state index in [0.29, 0.717) is 11.3 Å². The zero-order chi connectivity index (χ0) is 13.3. The van der Waals surface area contributed by atoms with Crippen molar-refractivity contribution in [3.05, 3.63) is 40.9 Å². The molecule has 2 N–H and O–H groups in total. The Bertz CT molecular complexity index is 555. The van der Waals surface area contributed by atoms with Crippen LogP contribution in [0.5, 0.6) is 0 Å². The van der Waals surface area contributed by atoms with Crippen LogP contribution in [0.15, 0.2) is 16.8 Å². The summed E-state index contributed by atoms with van der Waals surface area (Å²) >= 11 is 0. The Kier molecular flexibility index (Phi) is 3.23. The molecule has 1 unspecified atom stereocenters. The van der Waals surface area contributed by atoms with Gasteiger partial charge >= 0.3 is 0 Å². The van der Waals surface area contributed by atoms with Crippen LogP contribution in [0.3, 0.4) is 0 Å². The van der Waals surface area contributed by atoms with Crippen molar-refractivity contribution in [1.82, 2.24) is 15.3 Å². The quantitative estimate of drug-likeness (QED) is 0.875. The predicted molar refractivity (Wildman–Crippen MR) is 67.4 cm³/mol. The van der Waals surface area contributed by atoms with Crippen LogP contribution in [0.2, 0.25) is 0 Å². The van der Waals surface area contributed by atoms with Crippen LogP contribution in [0.1, 0.15) is 46.2 Å². The Balaban J connectivity index is 2.17. The Morgan fingerprint density at radius 1 is 1.39 bits per heavy atom. The lowest BCUT2D eigenvalue weighted by atomic mass is 10.1. The minimum absolute atomic E-state index is 0.134. The first-order valence-electron chi connectivity index (χ1n) is 5.87. The Morgan fingerprint density at radius 3 is 2.61 bits per heavy atom. The predicted octanol–water partition coefficient (Wildman–Crippen LogP) is 2.42. The molecule has 0 aliphatic heterocycles. The second-order valence-corrected chi connectivity index (χ2v) is 4.38. The number of carbonyl (C=O) groups excluding carboxylic acids is 1. The lowest BCUT2D eigenvalue weighted by Gasteiger charge is -2.11. The molecule has 0 fully saturated rings. The fourth-order valence-electron chi connectivity index (χ4n) is 1.98. The van der Waals surface area contributed by atoms with Gasteiger partial charge in [0.1, 0.15) is 17.3 Å². The Hall–Kier alpha value is -2.04. The van der Waals surface area contributed by atoms with E-state index in [0.717, 1.165) is 17.1 Å². The second-order valence-electron chi connectivity index (χ2n) is 4.38. The van der Waals surface area contributed by atoms with Crippen LogP contribution in [-0.4, -0.2) is 15.9 Å². The Labute approximate surface area is 106 Å². The van der Waals surface area contributed by atoms with Crippen molar-refractivity contribution in [1.29, 1.82) is 0 Å². The second kappa shape index (κ2) is 4.68. The van der Waals surface area contributed by atoms with E-state index in [9.17, 15) is 4.79 Å². The van der Waals surface area contributed by atoms with Gasteiger partial charge in [-0.25, -0.2) is 4.98 Å². The molecule has 2 heterocycles. The van der Waals surface area contributed by atoms with Crippen molar-refractivity contribution in [3.8, 4) is 0 Å². The summed E-state index contributed by atoms with van der Waals surface area (Å²) in [4.78, 5) is 19.3. The maximum atomic E-state index is 12.2. The smallest absolute Gasteiger partial charge is 0.255 e. The number of carbonyl (C=O) groups is 1. The number of H-pyrrole nitrogens is 1. The monoisotopic (exact) mass is 247 g/mol. The molecule has 0 aromatic carbocycles. The molecule has 18 heavy (non-hydrogen) atoms. The summed E-state index contributed by atoms with van der Waals surface area (Å²) in [6, 6.07) is -0.165. The van der Waals surface area contributed by atoms with Crippen molar-refractivity contribution in [3.63, 3.8) is 0 Å². The number of aromatic amines is 1. The fourth-order valence-corrected chi connectivity index (χ4v) is 1.98. The van der Waals surface area contributed by atoms with Gasteiger partial charge in [-0.1, -0.05) is 0 Å². The van der Waals surface area contributed by atoms with E-state index in [1.54, 1.807) is 19.3 Å². The van der Waals surface area contributed by atoms with Crippen molar-refractivity contribution in [2.75, 3.05) is 0 Å². The van der Waals surface area contributed by atoms with Gasteiger partial charge < -0.3 is 14.7 Å². The SMILES string of the molecule is Cc1oc(C)c(C(=O)NC(C)c2ncc[nH]2)c1C. The third-order valence-corrected chi connectivity index (χ3v) is 3.07. The van der Waals surface area contributed by atoms with Gasteiger partial charge in [0.15, 0.2) is 0 Å². The maximum Gasteiger partial charge on any atom is 0.255 e. The average molecular weight is 247 g/mol. The molecule has 5 nitrogen and oxygen atoms in total. The summed E-state index contributed by atoms with van der Waals surface area (Å²) in [7, 11) is 0. The molecule has 96 valence electrons. The molecule has 0 saturated heterocycles. The Morgan fingerprint density at radius 2 is 2.11 bits per heavy atom. The molecule has 0 saturated carbocycles. The van der Waals surface area contributed by atoms with Gasteiger partial charge in [-0.3, -0.25) is 4.79 Å². The van der Waals surface area contributed by atoms with Gasteiger partial charge in [-0.2, -0.15) is 0 Å². The number of furan rings is 1. The first-order chi connectivity index (χ1) is 8.50. The first-order valence-corrected chi connectivity index (χ1v) is 5.87. The van der Waals surface area contributed by atoms with E-state index in [-0.39, 0.29) is 11.9 Å². The number of nitrogens with zero attached hydrogens (tertiary/aromatic N) is 1. The number of aromatic nitrogens is 2. The van der Waals surface area contributed by atoms with Gasteiger partial charge in [0, 0.05) is 18.0 Å². The van der Waals surface area contributed by atoms with Gasteiger partial charge in [0.2, 0.25) is 0 Å². The number of imidazole rings is 1. The standard InChI is InChI=1S/C13H17N3O2/c1-7-9(3)18-10(4)11(7)13(17)16-8(2)12-14-5-6-15-12/h5-6,8H,1-4H3,(H,14,15)(H,16,17). The van der Waals surface area contributed by atoms with Gasteiger partial charge in [0.25, 0.3) is 5.91 Å². The van der Waals surface area contributed by atoms with E-state index >= 15 is 0 Å². The van der Waals surface area contributed by atoms with Gasteiger partial charge in [-0.15, -0.1) is 0 Å². The average Bonchev–Trinajstić information content (AvgIpc) is 2.88. The molecule has 1 atom stereocenters. The number of amides is 1. The van der Waals surface area contributed by atoms with Crippen molar-refractivity contribution >= 4 is 5.91 Å². The van der Waals surface area contributed by atoms with Crippen molar-refractivity contribution in [2.24, 2.45) is 0 Å². The van der Waals surface area contributed by atoms with Crippen LogP contribution in [-0.2, 0) is 0 Å². The highest BCUT2D eigenvalue weighted by molar-refractivity contribution is 5.97. The number of rotatable bonds is 3. The molecule has 1 amide bonds. The van der Waals surface area contributed by atoms with E-state index in [2.05, 4.69) is 15.3 Å². The van der Waals surface area contributed by atoms with E-state index < -0.39 is 0 Å². The molecule has 2 aromatic rings. The highest BCUT2D eigenvalue weighted by Gasteiger charge is 2.20.